The normalized spacial score (nSPS) is 20.5. The van der Waals surface area contributed by atoms with E-state index in [1.807, 2.05) is 15.5 Å². The minimum atomic E-state index is -0.103. The molecule has 18 heavy (non-hydrogen) atoms. The van der Waals surface area contributed by atoms with E-state index in [9.17, 15) is 5.11 Å². The van der Waals surface area contributed by atoms with E-state index in [1.54, 1.807) is 12.4 Å². The number of aliphatic hydroxyl groups excluding tert-OH is 1. The molecule has 3 heterocycles. The number of imidazole rings is 1. The smallest absolute Gasteiger partial charge is 0.180 e. The molecule has 7 heteroatoms. The Balaban J connectivity index is 2.08. The molecule has 0 aliphatic carbocycles. The van der Waals surface area contributed by atoms with Gasteiger partial charge in [0.15, 0.2) is 11.5 Å². The molecule has 2 aromatic rings. The van der Waals surface area contributed by atoms with E-state index in [2.05, 4.69) is 9.97 Å². The van der Waals surface area contributed by atoms with E-state index in [1.165, 1.54) is 0 Å². The number of hydrogen-bond acceptors (Lipinski definition) is 6. The molecule has 1 aliphatic rings. The molecule has 0 saturated carbocycles. The summed E-state index contributed by atoms with van der Waals surface area (Å²) in [6.45, 7) is 1.78. The topological polar surface area (TPSA) is 88.9 Å². The molecule has 96 valence electrons. The molecular weight excluding hydrogens is 234 g/mol. The number of hydrogen-bond donors (Lipinski definition) is 2. The maximum atomic E-state index is 9.41. The number of fused-ring (bicyclic) bond motifs is 1. The molecular formula is C11H15N5O2. The van der Waals surface area contributed by atoms with Crippen molar-refractivity contribution in [3.05, 3.63) is 18.6 Å². The number of anilines is 2. The molecule has 1 unspecified atom stereocenters. The monoisotopic (exact) mass is 249 g/mol. The number of aliphatic hydroxyl groups is 1. The predicted molar refractivity (Wildman–Crippen MR) is 66.4 cm³/mol. The Morgan fingerprint density at radius 2 is 2.44 bits per heavy atom. The zero-order chi connectivity index (χ0) is 12.5. The number of rotatable bonds is 2. The number of nitrogen functional groups attached to an aromatic ring is 1. The van der Waals surface area contributed by atoms with Crippen molar-refractivity contribution in [2.75, 3.05) is 37.0 Å². The molecule has 1 atom stereocenters. The molecule has 1 saturated heterocycles. The van der Waals surface area contributed by atoms with Crippen molar-refractivity contribution in [2.45, 2.75) is 6.04 Å². The number of morpholine rings is 1. The molecule has 3 N–H and O–H groups in total. The molecule has 1 aliphatic heterocycles. The number of ether oxygens (including phenoxy) is 1. The first kappa shape index (κ1) is 11.2. The maximum Gasteiger partial charge on any atom is 0.180 e. The number of nitrogens with zero attached hydrogens (tertiary/aromatic N) is 4. The summed E-state index contributed by atoms with van der Waals surface area (Å²) in [4.78, 5) is 10.6. The van der Waals surface area contributed by atoms with Crippen molar-refractivity contribution < 1.29 is 9.84 Å². The van der Waals surface area contributed by atoms with Crippen LogP contribution in [-0.2, 0) is 4.74 Å². The average molecular weight is 249 g/mol. The van der Waals surface area contributed by atoms with Crippen LogP contribution in [0.2, 0.25) is 0 Å². The highest BCUT2D eigenvalue weighted by atomic mass is 16.5. The van der Waals surface area contributed by atoms with Crippen molar-refractivity contribution in [2.24, 2.45) is 0 Å². The van der Waals surface area contributed by atoms with Gasteiger partial charge in [-0.1, -0.05) is 0 Å². The first-order valence-corrected chi connectivity index (χ1v) is 5.84. The Kier molecular flexibility index (Phi) is 2.77. The Morgan fingerprint density at radius 1 is 1.56 bits per heavy atom. The molecule has 1 fully saturated rings. The second-order valence-corrected chi connectivity index (χ2v) is 4.25. The summed E-state index contributed by atoms with van der Waals surface area (Å²) in [6.07, 6.45) is 5.25. The summed E-state index contributed by atoms with van der Waals surface area (Å²) in [6, 6.07) is -0.103. The standard InChI is InChI=1S/C11H15N5O2/c12-9-5-15-2-1-13-10(15)11(14-9)16-3-4-18-7-8(16)6-17/h1-2,5,8,17H,3-4,6-7,12H2. The van der Waals surface area contributed by atoms with Gasteiger partial charge in [0.25, 0.3) is 0 Å². The zero-order valence-corrected chi connectivity index (χ0v) is 9.86. The third-order valence-corrected chi connectivity index (χ3v) is 3.09. The van der Waals surface area contributed by atoms with Crippen LogP contribution >= 0.6 is 0 Å². The van der Waals surface area contributed by atoms with Crippen LogP contribution in [0.4, 0.5) is 11.6 Å². The van der Waals surface area contributed by atoms with Crippen LogP contribution in [0.1, 0.15) is 0 Å². The molecule has 0 radical (unpaired) electrons. The lowest BCUT2D eigenvalue weighted by molar-refractivity contribution is 0.0724. The van der Waals surface area contributed by atoms with Crippen molar-refractivity contribution in [1.29, 1.82) is 0 Å². The second-order valence-electron chi connectivity index (χ2n) is 4.25. The van der Waals surface area contributed by atoms with Gasteiger partial charge in [-0.15, -0.1) is 0 Å². The van der Waals surface area contributed by atoms with Crippen molar-refractivity contribution in [3.8, 4) is 0 Å². The third kappa shape index (κ3) is 1.77. The van der Waals surface area contributed by atoms with Gasteiger partial charge < -0.3 is 24.9 Å². The van der Waals surface area contributed by atoms with E-state index in [-0.39, 0.29) is 12.6 Å². The predicted octanol–water partition coefficient (Wildman–Crippen LogP) is -0.491. The highest BCUT2D eigenvalue weighted by molar-refractivity contribution is 5.67. The van der Waals surface area contributed by atoms with E-state index < -0.39 is 0 Å². The fraction of sp³-hybridized carbons (Fsp3) is 0.455. The average Bonchev–Trinajstić information content (AvgIpc) is 2.85. The summed E-state index contributed by atoms with van der Waals surface area (Å²) in [5, 5.41) is 9.41. The van der Waals surface area contributed by atoms with Gasteiger partial charge in [0.2, 0.25) is 0 Å². The van der Waals surface area contributed by atoms with Gasteiger partial charge in [-0.3, -0.25) is 0 Å². The van der Waals surface area contributed by atoms with Crippen LogP contribution in [0.25, 0.3) is 5.65 Å². The third-order valence-electron chi connectivity index (χ3n) is 3.09. The molecule has 0 amide bonds. The molecule has 3 rings (SSSR count). The van der Waals surface area contributed by atoms with Gasteiger partial charge in [-0.2, -0.15) is 0 Å². The van der Waals surface area contributed by atoms with Crippen molar-refractivity contribution in [3.63, 3.8) is 0 Å². The van der Waals surface area contributed by atoms with Crippen molar-refractivity contribution in [1.82, 2.24) is 14.4 Å². The maximum absolute atomic E-state index is 9.41. The van der Waals surface area contributed by atoms with Gasteiger partial charge in [0.05, 0.1) is 32.1 Å². The van der Waals surface area contributed by atoms with Crippen LogP contribution < -0.4 is 10.6 Å². The summed E-state index contributed by atoms with van der Waals surface area (Å²) in [5.41, 5.74) is 6.54. The lowest BCUT2D eigenvalue weighted by Gasteiger charge is -2.35. The summed E-state index contributed by atoms with van der Waals surface area (Å²) < 4.78 is 7.20. The van der Waals surface area contributed by atoms with Gasteiger partial charge in [0, 0.05) is 18.9 Å². The number of aromatic nitrogens is 3. The van der Waals surface area contributed by atoms with Gasteiger partial charge in [-0.25, -0.2) is 9.97 Å². The Labute approximate surface area is 104 Å². The lowest BCUT2D eigenvalue weighted by Crippen LogP contribution is -2.48. The van der Waals surface area contributed by atoms with Crippen LogP contribution in [-0.4, -0.2) is 51.9 Å². The summed E-state index contributed by atoms with van der Waals surface area (Å²) >= 11 is 0. The fourth-order valence-corrected chi connectivity index (χ4v) is 2.21. The van der Waals surface area contributed by atoms with Gasteiger partial charge in [-0.05, 0) is 0 Å². The van der Waals surface area contributed by atoms with Crippen molar-refractivity contribution >= 4 is 17.3 Å². The molecule has 0 aromatic carbocycles. The second kappa shape index (κ2) is 4.43. The molecule has 0 bridgehead atoms. The highest BCUT2D eigenvalue weighted by Gasteiger charge is 2.26. The van der Waals surface area contributed by atoms with Gasteiger partial charge in [0.1, 0.15) is 5.82 Å². The lowest BCUT2D eigenvalue weighted by atomic mass is 10.2. The molecule has 2 aromatic heterocycles. The first-order valence-electron chi connectivity index (χ1n) is 5.84. The fourth-order valence-electron chi connectivity index (χ4n) is 2.21. The zero-order valence-electron chi connectivity index (χ0n) is 9.86. The van der Waals surface area contributed by atoms with Crippen LogP contribution in [0.5, 0.6) is 0 Å². The summed E-state index contributed by atoms with van der Waals surface area (Å²) in [5.74, 6) is 1.13. The van der Waals surface area contributed by atoms with E-state index in [4.69, 9.17) is 10.5 Å². The quantitative estimate of drug-likeness (QED) is 0.746. The van der Waals surface area contributed by atoms with Gasteiger partial charge >= 0.3 is 0 Å². The Hall–Kier alpha value is -1.86. The molecule has 7 nitrogen and oxygen atoms in total. The minimum Gasteiger partial charge on any atom is -0.394 e. The van der Waals surface area contributed by atoms with Crippen LogP contribution in [0.3, 0.4) is 0 Å². The Morgan fingerprint density at radius 3 is 3.28 bits per heavy atom. The Bertz CT molecular complexity index is 555. The largest absolute Gasteiger partial charge is 0.394 e. The van der Waals surface area contributed by atoms with E-state index in [0.29, 0.717) is 31.4 Å². The SMILES string of the molecule is Nc1cn2ccnc2c(N2CCOCC2CO)n1. The highest BCUT2D eigenvalue weighted by Crippen LogP contribution is 2.23. The van der Waals surface area contributed by atoms with E-state index >= 15 is 0 Å². The van der Waals surface area contributed by atoms with E-state index in [0.717, 1.165) is 5.65 Å². The minimum absolute atomic E-state index is 0.0172. The van der Waals surface area contributed by atoms with Crippen LogP contribution in [0.15, 0.2) is 18.6 Å². The molecule has 0 spiro atoms. The van der Waals surface area contributed by atoms with Crippen LogP contribution in [0, 0.1) is 0 Å². The first-order chi connectivity index (χ1) is 8.79. The number of nitrogens with two attached hydrogens (primary N) is 1. The summed E-state index contributed by atoms with van der Waals surface area (Å²) in [7, 11) is 0.